The molecular formula is C20H24FN3O3S. The van der Waals surface area contributed by atoms with Crippen LogP contribution in [-0.4, -0.2) is 58.2 Å². The van der Waals surface area contributed by atoms with Gasteiger partial charge in [0.15, 0.2) is 0 Å². The van der Waals surface area contributed by atoms with Crippen LogP contribution in [0.3, 0.4) is 0 Å². The molecule has 1 fully saturated rings. The van der Waals surface area contributed by atoms with E-state index in [1.807, 2.05) is 24.0 Å². The number of sulfonamides is 1. The first kappa shape index (κ1) is 20.1. The number of anilines is 2. The zero-order valence-electron chi connectivity index (χ0n) is 16.0. The van der Waals surface area contributed by atoms with Crippen LogP contribution in [0.2, 0.25) is 0 Å². The number of benzene rings is 2. The van der Waals surface area contributed by atoms with Crippen molar-refractivity contribution in [1.82, 2.24) is 4.90 Å². The average molecular weight is 405 g/mol. The predicted molar refractivity (Wildman–Crippen MR) is 109 cm³/mol. The highest BCUT2D eigenvalue weighted by molar-refractivity contribution is 7.92. The highest BCUT2D eigenvalue weighted by Crippen LogP contribution is 2.21. The standard InChI is InChI=1S/C20H24FN3O3S/c1-16-7-9-17(10-8-16)24(28(2,26)27)15-20(25)23-13-11-22(12-14-23)19-6-4-3-5-18(19)21/h3-10H,11-15H2,1-2H3. The van der Waals surface area contributed by atoms with E-state index in [0.29, 0.717) is 37.6 Å². The zero-order valence-corrected chi connectivity index (χ0v) is 16.8. The molecule has 1 aliphatic heterocycles. The number of carbonyl (C=O) groups is 1. The second-order valence-corrected chi connectivity index (χ2v) is 8.83. The van der Waals surface area contributed by atoms with Gasteiger partial charge in [0.05, 0.1) is 17.6 Å². The Bertz CT molecular complexity index is 939. The monoisotopic (exact) mass is 405 g/mol. The number of hydrogen-bond acceptors (Lipinski definition) is 4. The fourth-order valence-corrected chi connectivity index (χ4v) is 4.09. The molecule has 0 bridgehead atoms. The molecule has 150 valence electrons. The molecule has 28 heavy (non-hydrogen) atoms. The van der Waals surface area contributed by atoms with Gasteiger partial charge in [-0.05, 0) is 31.2 Å². The van der Waals surface area contributed by atoms with E-state index in [0.717, 1.165) is 16.1 Å². The van der Waals surface area contributed by atoms with Crippen molar-refractivity contribution in [3.8, 4) is 0 Å². The van der Waals surface area contributed by atoms with Crippen LogP contribution in [0.1, 0.15) is 5.56 Å². The van der Waals surface area contributed by atoms with Gasteiger partial charge in [0.1, 0.15) is 12.4 Å². The van der Waals surface area contributed by atoms with Crippen LogP contribution >= 0.6 is 0 Å². The highest BCUT2D eigenvalue weighted by atomic mass is 32.2. The molecule has 1 aliphatic rings. The van der Waals surface area contributed by atoms with E-state index in [4.69, 9.17) is 0 Å². The molecule has 0 spiro atoms. The van der Waals surface area contributed by atoms with Crippen LogP contribution in [0.4, 0.5) is 15.8 Å². The van der Waals surface area contributed by atoms with Gasteiger partial charge in [-0.3, -0.25) is 9.10 Å². The van der Waals surface area contributed by atoms with Gasteiger partial charge >= 0.3 is 0 Å². The normalized spacial score (nSPS) is 14.8. The molecule has 1 saturated heterocycles. The molecule has 0 N–H and O–H groups in total. The molecule has 2 aromatic carbocycles. The Morgan fingerprint density at radius 3 is 2.21 bits per heavy atom. The van der Waals surface area contributed by atoms with Crippen molar-refractivity contribution in [2.75, 3.05) is 48.2 Å². The van der Waals surface area contributed by atoms with Gasteiger partial charge in [-0.2, -0.15) is 0 Å². The number of carbonyl (C=O) groups excluding carboxylic acids is 1. The minimum atomic E-state index is -3.60. The van der Waals surface area contributed by atoms with Gasteiger partial charge in [0, 0.05) is 26.2 Å². The van der Waals surface area contributed by atoms with Crippen LogP contribution in [0, 0.1) is 12.7 Å². The maximum atomic E-state index is 14.0. The highest BCUT2D eigenvalue weighted by Gasteiger charge is 2.27. The second kappa shape index (κ2) is 8.18. The topological polar surface area (TPSA) is 60.9 Å². The molecule has 0 saturated carbocycles. The van der Waals surface area contributed by atoms with E-state index in [1.165, 1.54) is 6.07 Å². The van der Waals surface area contributed by atoms with E-state index in [-0.39, 0.29) is 18.3 Å². The minimum Gasteiger partial charge on any atom is -0.366 e. The number of para-hydroxylation sites is 1. The van der Waals surface area contributed by atoms with E-state index >= 15 is 0 Å². The van der Waals surface area contributed by atoms with Crippen LogP contribution in [0.25, 0.3) is 0 Å². The summed E-state index contributed by atoms with van der Waals surface area (Å²) < 4.78 is 39.5. The summed E-state index contributed by atoms with van der Waals surface area (Å²) >= 11 is 0. The maximum Gasteiger partial charge on any atom is 0.243 e. The van der Waals surface area contributed by atoms with Crippen LogP contribution in [0.15, 0.2) is 48.5 Å². The number of amides is 1. The lowest BCUT2D eigenvalue weighted by Gasteiger charge is -2.37. The number of nitrogens with zero attached hydrogens (tertiary/aromatic N) is 3. The summed E-state index contributed by atoms with van der Waals surface area (Å²) in [6, 6.07) is 13.6. The van der Waals surface area contributed by atoms with Crippen molar-refractivity contribution in [2.45, 2.75) is 6.92 Å². The Kier molecular flexibility index (Phi) is 5.88. The number of halogens is 1. The Morgan fingerprint density at radius 2 is 1.64 bits per heavy atom. The van der Waals surface area contributed by atoms with Gasteiger partial charge in [-0.15, -0.1) is 0 Å². The zero-order chi connectivity index (χ0) is 20.3. The van der Waals surface area contributed by atoms with Crippen molar-refractivity contribution in [2.24, 2.45) is 0 Å². The molecule has 6 nitrogen and oxygen atoms in total. The molecule has 3 rings (SSSR count). The average Bonchev–Trinajstić information content (AvgIpc) is 2.66. The predicted octanol–water partition coefficient (Wildman–Crippen LogP) is 2.25. The third kappa shape index (κ3) is 4.62. The van der Waals surface area contributed by atoms with Crippen molar-refractivity contribution in [3.05, 3.63) is 59.9 Å². The molecule has 0 atom stereocenters. The maximum absolute atomic E-state index is 14.0. The molecule has 1 heterocycles. The summed E-state index contributed by atoms with van der Waals surface area (Å²) in [5.74, 6) is -0.552. The SMILES string of the molecule is Cc1ccc(N(CC(=O)N2CCN(c3ccccc3F)CC2)S(C)(=O)=O)cc1. The summed E-state index contributed by atoms with van der Waals surface area (Å²) in [7, 11) is -3.60. The summed E-state index contributed by atoms with van der Waals surface area (Å²) in [4.78, 5) is 16.3. The molecule has 0 radical (unpaired) electrons. The van der Waals surface area contributed by atoms with E-state index in [2.05, 4.69) is 0 Å². The van der Waals surface area contributed by atoms with Crippen molar-refractivity contribution < 1.29 is 17.6 Å². The summed E-state index contributed by atoms with van der Waals surface area (Å²) in [5.41, 5.74) is 1.99. The summed E-state index contributed by atoms with van der Waals surface area (Å²) in [5, 5.41) is 0. The lowest BCUT2D eigenvalue weighted by molar-refractivity contribution is -0.129. The van der Waals surface area contributed by atoms with E-state index in [9.17, 15) is 17.6 Å². The van der Waals surface area contributed by atoms with Crippen LogP contribution < -0.4 is 9.21 Å². The lowest BCUT2D eigenvalue weighted by Crippen LogP contribution is -2.52. The number of rotatable bonds is 5. The molecule has 1 amide bonds. The fourth-order valence-electron chi connectivity index (χ4n) is 3.24. The van der Waals surface area contributed by atoms with Gasteiger partial charge < -0.3 is 9.80 Å². The molecule has 8 heteroatoms. The van der Waals surface area contributed by atoms with Crippen molar-refractivity contribution >= 4 is 27.3 Å². The first-order chi connectivity index (χ1) is 13.3. The van der Waals surface area contributed by atoms with Gasteiger partial charge in [-0.1, -0.05) is 29.8 Å². The third-order valence-electron chi connectivity index (χ3n) is 4.83. The molecule has 0 unspecified atom stereocenters. The Hall–Kier alpha value is -2.61. The smallest absolute Gasteiger partial charge is 0.243 e. The van der Waals surface area contributed by atoms with Crippen molar-refractivity contribution in [3.63, 3.8) is 0 Å². The Labute approximate surface area is 165 Å². The molecular weight excluding hydrogens is 381 g/mol. The van der Waals surface area contributed by atoms with Crippen molar-refractivity contribution in [1.29, 1.82) is 0 Å². The summed E-state index contributed by atoms with van der Waals surface area (Å²) in [6.45, 7) is 3.49. The fraction of sp³-hybridized carbons (Fsp3) is 0.350. The second-order valence-electron chi connectivity index (χ2n) is 6.92. The van der Waals surface area contributed by atoms with Gasteiger partial charge in [0.25, 0.3) is 0 Å². The van der Waals surface area contributed by atoms with E-state index < -0.39 is 10.0 Å². The molecule has 2 aromatic rings. The number of aryl methyl sites for hydroxylation is 1. The number of hydrogen-bond donors (Lipinski definition) is 0. The first-order valence-corrected chi connectivity index (χ1v) is 10.9. The van der Waals surface area contributed by atoms with Gasteiger partial charge in [-0.25, -0.2) is 12.8 Å². The Morgan fingerprint density at radius 1 is 1.04 bits per heavy atom. The largest absolute Gasteiger partial charge is 0.366 e. The quantitative estimate of drug-likeness (QED) is 0.766. The van der Waals surface area contributed by atoms with Crippen LogP contribution in [-0.2, 0) is 14.8 Å². The number of piperazine rings is 1. The Balaban J connectivity index is 1.67. The third-order valence-corrected chi connectivity index (χ3v) is 5.97. The van der Waals surface area contributed by atoms with Crippen LogP contribution in [0.5, 0.6) is 0 Å². The summed E-state index contributed by atoms with van der Waals surface area (Å²) in [6.07, 6.45) is 1.09. The first-order valence-electron chi connectivity index (χ1n) is 9.07. The molecule has 0 aromatic heterocycles. The van der Waals surface area contributed by atoms with Gasteiger partial charge in [0.2, 0.25) is 15.9 Å². The molecule has 0 aliphatic carbocycles. The van der Waals surface area contributed by atoms with E-state index in [1.54, 1.807) is 35.2 Å². The lowest BCUT2D eigenvalue weighted by atomic mass is 10.2. The minimum absolute atomic E-state index is 0.248.